The molecule has 0 heterocycles. The van der Waals surface area contributed by atoms with E-state index in [-0.39, 0.29) is 5.41 Å². The van der Waals surface area contributed by atoms with E-state index in [1.807, 2.05) is 18.2 Å². The number of aldehydes is 1. The van der Waals surface area contributed by atoms with Crippen LogP contribution in [0.4, 0.5) is 0 Å². The van der Waals surface area contributed by atoms with Gasteiger partial charge in [0.05, 0.1) is 0 Å². The van der Waals surface area contributed by atoms with Crippen LogP contribution in [0.5, 0.6) is 0 Å². The number of hydrogen-bond donors (Lipinski definition) is 1. The minimum absolute atomic E-state index is 0.373. The van der Waals surface area contributed by atoms with Gasteiger partial charge in [-0.3, -0.25) is 4.79 Å². The molecule has 122 valence electrons. The van der Waals surface area contributed by atoms with Gasteiger partial charge in [-0.25, -0.2) is 0 Å². The average Bonchev–Trinajstić information content (AvgIpc) is 2.52. The zero-order valence-corrected chi connectivity index (χ0v) is 13.4. The van der Waals surface area contributed by atoms with Crippen LogP contribution in [0.15, 0.2) is 30.3 Å². The molecule has 3 heteroatoms. The topological polar surface area (TPSA) is 54.4 Å². The minimum atomic E-state index is -0.927. The van der Waals surface area contributed by atoms with E-state index < -0.39 is 11.9 Å². The Morgan fingerprint density at radius 2 is 1.65 bits per heavy atom. The van der Waals surface area contributed by atoms with E-state index in [4.69, 9.17) is 0 Å². The molecular formula is C20H24O3. The molecule has 0 radical (unpaired) electrons. The molecule has 23 heavy (non-hydrogen) atoms. The van der Waals surface area contributed by atoms with Gasteiger partial charge in [-0.05, 0) is 67.8 Å². The fourth-order valence-corrected chi connectivity index (χ4v) is 6.33. The van der Waals surface area contributed by atoms with E-state index in [2.05, 4.69) is 12.1 Å². The highest BCUT2D eigenvalue weighted by molar-refractivity contribution is 5.87. The lowest BCUT2D eigenvalue weighted by molar-refractivity contribution is -0.173. The number of carbonyl (C=O) groups is 2. The predicted molar refractivity (Wildman–Crippen MR) is 86.8 cm³/mol. The van der Waals surface area contributed by atoms with Gasteiger partial charge in [0.1, 0.15) is 12.2 Å². The number of carboxylic acid groups (broad SMARTS) is 1. The second kappa shape index (κ2) is 5.47. The molecule has 0 amide bonds. The average molecular weight is 312 g/mol. The molecule has 3 nitrogen and oxygen atoms in total. The molecule has 0 aliphatic heterocycles. The Hall–Kier alpha value is -1.64. The van der Waals surface area contributed by atoms with Crippen molar-refractivity contribution < 1.29 is 14.7 Å². The van der Waals surface area contributed by atoms with E-state index in [0.717, 1.165) is 50.2 Å². The molecule has 1 N–H and O–H groups in total. The first-order valence-electron chi connectivity index (χ1n) is 8.85. The largest absolute Gasteiger partial charge is 0.481 e. The van der Waals surface area contributed by atoms with Crippen LogP contribution < -0.4 is 0 Å². The first kappa shape index (κ1) is 14.9. The summed E-state index contributed by atoms with van der Waals surface area (Å²) in [6.07, 6.45) is 7.28. The van der Waals surface area contributed by atoms with Crippen molar-refractivity contribution in [3.05, 3.63) is 35.9 Å². The Balaban J connectivity index is 1.78. The van der Waals surface area contributed by atoms with E-state index in [0.29, 0.717) is 11.8 Å². The van der Waals surface area contributed by atoms with Crippen molar-refractivity contribution in [2.45, 2.75) is 38.5 Å². The smallest absolute Gasteiger partial charge is 0.314 e. The van der Waals surface area contributed by atoms with Crippen LogP contribution in [-0.2, 0) is 16.0 Å². The minimum Gasteiger partial charge on any atom is -0.481 e. The summed E-state index contributed by atoms with van der Waals surface area (Å²) in [5.41, 5.74) is 0.801. The predicted octanol–water partition coefficient (Wildman–Crippen LogP) is 3.57. The number of rotatable bonds is 5. The van der Waals surface area contributed by atoms with Crippen molar-refractivity contribution in [2.24, 2.45) is 35.0 Å². The SMILES string of the molecule is O=CC(C(=O)O)C1(Cc2ccccc2)C2CC3CC(C2)CC1C3. The molecule has 1 atom stereocenters. The summed E-state index contributed by atoms with van der Waals surface area (Å²) in [6, 6.07) is 10.2. The Morgan fingerprint density at radius 3 is 2.13 bits per heavy atom. The third-order valence-electron chi connectivity index (χ3n) is 6.99. The van der Waals surface area contributed by atoms with Crippen LogP contribution in [0.2, 0.25) is 0 Å². The van der Waals surface area contributed by atoms with Crippen molar-refractivity contribution in [3.8, 4) is 0 Å². The van der Waals surface area contributed by atoms with Gasteiger partial charge < -0.3 is 9.90 Å². The highest BCUT2D eigenvalue weighted by Gasteiger charge is 2.61. The van der Waals surface area contributed by atoms with Crippen molar-refractivity contribution in [2.75, 3.05) is 0 Å². The number of carboxylic acids is 1. The van der Waals surface area contributed by atoms with E-state index in [1.54, 1.807) is 0 Å². The normalized spacial score (nSPS) is 39.1. The summed E-state index contributed by atoms with van der Waals surface area (Å²) >= 11 is 0. The van der Waals surface area contributed by atoms with Crippen LogP contribution in [0, 0.1) is 35.0 Å². The number of hydrogen-bond acceptors (Lipinski definition) is 2. The highest BCUT2D eigenvalue weighted by atomic mass is 16.4. The molecule has 5 rings (SSSR count). The molecule has 1 aromatic rings. The summed E-state index contributed by atoms with van der Waals surface area (Å²) in [5, 5.41) is 9.77. The van der Waals surface area contributed by atoms with Crippen LogP contribution in [0.3, 0.4) is 0 Å². The zero-order valence-electron chi connectivity index (χ0n) is 13.4. The van der Waals surface area contributed by atoms with Crippen molar-refractivity contribution in [3.63, 3.8) is 0 Å². The highest BCUT2D eigenvalue weighted by Crippen LogP contribution is 2.65. The molecule has 0 spiro atoms. The van der Waals surface area contributed by atoms with Gasteiger partial charge in [0.15, 0.2) is 0 Å². The molecule has 0 aromatic heterocycles. The van der Waals surface area contributed by atoms with Gasteiger partial charge >= 0.3 is 5.97 Å². The lowest BCUT2D eigenvalue weighted by Gasteiger charge is -2.62. The summed E-state index contributed by atoms with van der Waals surface area (Å²) in [5.74, 6) is 0.529. The fraction of sp³-hybridized carbons (Fsp3) is 0.600. The van der Waals surface area contributed by atoms with Gasteiger partial charge in [0.25, 0.3) is 0 Å². The quantitative estimate of drug-likeness (QED) is 0.668. The summed E-state index contributed by atoms with van der Waals surface area (Å²) < 4.78 is 0. The Kier molecular flexibility index (Phi) is 3.55. The number of carbonyl (C=O) groups excluding carboxylic acids is 1. The second-order valence-corrected chi connectivity index (χ2v) is 8.03. The van der Waals surface area contributed by atoms with Crippen LogP contribution in [-0.4, -0.2) is 17.4 Å². The molecule has 4 aliphatic carbocycles. The molecule has 1 aromatic carbocycles. The first-order chi connectivity index (χ1) is 11.1. The Labute approximate surface area is 137 Å². The molecule has 4 saturated carbocycles. The maximum atomic E-state index is 11.9. The number of aliphatic carboxylic acids is 1. The maximum Gasteiger partial charge on any atom is 0.314 e. The van der Waals surface area contributed by atoms with Crippen molar-refractivity contribution in [1.29, 1.82) is 0 Å². The van der Waals surface area contributed by atoms with Gasteiger partial charge in [-0.1, -0.05) is 30.3 Å². The van der Waals surface area contributed by atoms with Gasteiger partial charge in [-0.2, -0.15) is 0 Å². The summed E-state index contributed by atoms with van der Waals surface area (Å²) in [6.45, 7) is 0. The molecule has 4 bridgehead atoms. The number of benzene rings is 1. The fourth-order valence-electron chi connectivity index (χ4n) is 6.33. The van der Waals surface area contributed by atoms with Crippen LogP contribution in [0.25, 0.3) is 0 Å². The molecule has 4 fully saturated rings. The monoisotopic (exact) mass is 312 g/mol. The van der Waals surface area contributed by atoms with E-state index >= 15 is 0 Å². The van der Waals surface area contributed by atoms with Crippen molar-refractivity contribution >= 4 is 12.3 Å². The van der Waals surface area contributed by atoms with Crippen LogP contribution >= 0.6 is 0 Å². The molecule has 0 saturated heterocycles. The van der Waals surface area contributed by atoms with Gasteiger partial charge in [0, 0.05) is 5.41 Å². The maximum absolute atomic E-state index is 11.9. The van der Waals surface area contributed by atoms with Gasteiger partial charge in [-0.15, -0.1) is 0 Å². The molecule has 1 unspecified atom stereocenters. The van der Waals surface area contributed by atoms with Crippen LogP contribution in [0.1, 0.15) is 37.7 Å². The lowest BCUT2D eigenvalue weighted by Crippen LogP contribution is -2.59. The summed E-state index contributed by atoms with van der Waals surface area (Å²) in [4.78, 5) is 23.7. The third kappa shape index (κ3) is 2.24. The Morgan fingerprint density at radius 1 is 1.09 bits per heavy atom. The molecular weight excluding hydrogens is 288 g/mol. The third-order valence-corrected chi connectivity index (χ3v) is 6.99. The standard InChI is InChI=1S/C20H24O3/c21-12-18(19(22)23)20(11-13-4-2-1-3-5-13)16-7-14-6-15(9-16)10-17(20)8-14/h1-5,12,14-18H,6-11H2,(H,22,23). The van der Waals surface area contributed by atoms with E-state index in [9.17, 15) is 14.7 Å². The van der Waals surface area contributed by atoms with Crippen molar-refractivity contribution in [1.82, 2.24) is 0 Å². The van der Waals surface area contributed by atoms with E-state index in [1.165, 1.54) is 12.0 Å². The summed E-state index contributed by atoms with van der Waals surface area (Å²) in [7, 11) is 0. The molecule has 4 aliphatic rings. The van der Waals surface area contributed by atoms with Gasteiger partial charge in [0.2, 0.25) is 0 Å². The second-order valence-electron chi connectivity index (χ2n) is 8.03. The Bertz CT molecular complexity index is 579. The lowest BCUT2D eigenvalue weighted by atomic mass is 9.41. The zero-order chi connectivity index (χ0) is 16.0. The first-order valence-corrected chi connectivity index (χ1v) is 8.85.